The molecule has 2 rings (SSSR count). The van der Waals surface area contributed by atoms with Crippen LogP contribution in [0.2, 0.25) is 0 Å². The van der Waals surface area contributed by atoms with E-state index in [1.165, 1.54) is 0 Å². The molecule has 0 aliphatic carbocycles. The van der Waals surface area contributed by atoms with Crippen LogP contribution in [0.1, 0.15) is 6.92 Å². The highest BCUT2D eigenvalue weighted by molar-refractivity contribution is 8.14. The van der Waals surface area contributed by atoms with Crippen molar-refractivity contribution >= 4 is 22.9 Å². The molecule has 78 valence electrons. The molecule has 14 heavy (non-hydrogen) atoms. The first kappa shape index (κ1) is 9.95. The Morgan fingerprint density at radius 1 is 1.43 bits per heavy atom. The van der Waals surface area contributed by atoms with Crippen molar-refractivity contribution in [2.45, 2.75) is 12.6 Å². The Morgan fingerprint density at radius 3 is 2.71 bits per heavy atom. The van der Waals surface area contributed by atoms with Gasteiger partial charge in [0.15, 0.2) is 5.72 Å². The molecule has 0 aromatic carbocycles. The summed E-state index contributed by atoms with van der Waals surface area (Å²) < 4.78 is 10.6. The van der Waals surface area contributed by atoms with Gasteiger partial charge < -0.3 is 9.47 Å². The number of thioether (sulfide) groups is 1. The maximum atomic E-state index is 11.4. The summed E-state index contributed by atoms with van der Waals surface area (Å²) in [5, 5.41) is -0.247. The molecule has 2 saturated heterocycles. The second kappa shape index (κ2) is 3.52. The molecule has 2 aliphatic heterocycles. The Kier molecular flexibility index (Phi) is 2.50. The summed E-state index contributed by atoms with van der Waals surface area (Å²) in [6.07, 6.45) is 0. The van der Waals surface area contributed by atoms with Gasteiger partial charge in [-0.1, -0.05) is 11.8 Å². The lowest BCUT2D eigenvalue weighted by Gasteiger charge is -2.39. The van der Waals surface area contributed by atoms with Crippen molar-refractivity contribution in [1.82, 2.24) is 4.90 Å². The van der Waals surface area contributed by atoms with Crippen LogP contribution in [-0.4, -0.2) is 47.3 Å². The minimum atomic E-state index is -0.907. The van der Waals surface area contributed by atoms with E-state index < -0.39 is 5.72 Å². The summed E-state index contributed by atoms with van der Waals surface area (Å²) in [7, 11) is 0. The molecule has 2 aliphatic rings. The highest BCUT2D eigenvalue weighted by Gasteiger charge is 2.46. The van der Waals surface area contributed by atoms with Gasteiger partial charge in [-0.05, 0) is 6.92 Å². The van der Waals surface area contributed by atoms with Crippen LogP contribution in [0, 0.1) is 0 Å². The monoisotopic (exact) mass is 217 g/mol. The van der Waals surface area contributed by atoms with E-state index in [9.17, 15) is 9.59 Å². The molecular formula is C8H11NO4S. The average Bonchev–Trinajstić information content (AvgIpc) is 2.48. The lowest BCUT2D eigenvalue weighted by atomic mass is 10.2. The van der Waals surface area contributed by atoms with Crippen molar-refractivity contribution in [2.24, 2.45) is 0 Å². The molecule has 6 heteroatoms. The van der Waals surface area contributed by atoms with Crippen LogP contribution < -0.4 is 0 Å². The second-order valence-corrected chi connectivity index (χ2v) is 4.29. The van der Waals surface area contributed by atoms with Crippen LogP contribution in [0.5, 0.6) is 0 Å². The number of hydrogen-bond donors (Lipinski definition) is 0. The molecule has 2 heterocycles. The first-order valence-corrected chi connectivity index (χ1v) is 5.33. The normalized spacial score (nSPS) is 33.9. The molecule has 5 nitrogen and oxygen atoms in total. The Labute approximate surface area is 85.7 Å². The lowest BCUT2D eigenvalue weighted by molar-refractivity contribution is -0.204. The minimum absolute atomic E-state index is 0.201. The summed E-state index contributed by atoms with van der Waals surface area (Å²) in [5.41, 5.74) is -0.907. The third-order valence-corrected chi connectivity index (χ3v) is 3.06. The quantitative estimate of drug-likeness (QED) is 0.638. The van der Waals surface area contributed by atoms with Crippen LogP contribution >= 0.6 is 11.8 Å². The molecular weight excluding hydrogens is 206 g/mol. The number of ether oxygens (including phenoxy) is 2. The number of imide groups is 1. The minimum Gasteiger partial charge on any atom is -0.374 e. The van der Waals surface area contributed by atoms with Gasteiger partial charge in [-0.25, -0.2) is 4.90 Å². The van der Waals surface area contributed by atoms with E-state index in [0.717, 1.165) is 16.7 Å². The van der Waals surface area contributed by atoms with Crippen molar-refractivity contribution in [2.75, 3.05) is 25.6 Å². The highest BCUT2D eigenvalue weighted by Crippen LogP contribution is 2.30. The van der Waals surface area contributed by atoms with E-state index >= 15 is 0 Å². The van der Waals surface area contributed by atoms with Crippen molar-refractivity contribution < 1.29 is 19.1 Å². The van der Waals surface area contributed by atoms with E-state index in [1.54, 1.807) is 6.92 Å². The van der Waals surface area contributed by atoms with Gasteiger partial charge in [0.2, 0.25) is 5.91 Å². The van der Waals surface area contributed by atoms with Gasteiger partial charge in [0.05, 0.1) is 25.6 Å². The van der Waals surface area contributed by atoms with Gasteiger partial charge in [0.1, 0.15) is 0 Å². The van der Waals surface area contributed by atoms with Gasteiger partial charge >= 0.3 is 0 Å². The van der Waals surface area contributed by atoms with E-state index in [2.05, 4.69) is 0 Å². The maximum absolute atomic E-state index is 11.4. The largest absolute Gasteiger partial charge is 0.374 e. The molecule has 2 fully saturated rings. The first-order chi connectivity index (χ1) is 6.63. The maximum Gasteiger partial charge on any atom is 0.291 e. The fourth-order valence-electron chi connectivity index (χ4n) is 1.56. The average molecular weight is 217 g/mol. The van der Waals surface area contributed by atoms with E-state index in [4.69, 9.17) is 9.47 Å². The Balaban J connectivity index is 2.18. The van der Waals surface area contributed by atoms with Gasteiger partial charge in [-0.2, -0.15) is 0 Å². The van der Waals surface area contributed by atoms with Crippen LogP contribution in [0.4, 0.5) is 4.79 Å². The van der Waals surface area contributed by atoms with Crippen molar-refractivity contribution in [3.63, 3.8) is 0 Å². The zero-order valence-corrected chi connectivity index (χ0v) is 8.63. The third-order valence-electron chi connectivity index (χ3n) is 2.23. The highest BCUT2D eigenvalue weighted by atomic mass is 32.2. The molecule has 0 aromatic rings. The predicted octanol–water partition coefficient (Wildman–Crippen LogP) is 0.445. The third kappa shape index (κ3) is 1.53. The zero-order chi connectivity index (χ0) is 10.2. The summed E-state index contributed by atoms with van der Waals surface area (Å²) in [5.74, 6) is 0.00521. The standard InChI is InChI=1S/C8H11NO4S/c1-8(5-12-2-3-13-8)9-6(10)4-14-7(9)11/h2-5H2,1H3. The summed E-state index contributed by atoms with van der Waals surface area (Å²) >= 11 is 1.01. The molecule has 0 N–H and O–H groups in total. The fourth-order valence-corrected chi connectivity index (χ4v) is 2.36. The Morgan fingerprint density at radius 2 is 2.21 bits per heavy atom. The lowest BCUT2D eigenvalue weighted by Crippen LogP contribution is -2.56. The zero-order valence-electron chi connectivity index (χ0n) is 7.82. The fraction of sp³-hybridized carbons (Fsp3) is 0.750. The number of rotatable bonds is 1. The number of hydrogen-bond acceptors (Lipinski definition) is 5. The van der Waals surface area contributed by atoms with Crippen molar-refractivity contribution in [3.8, 4) is 0 Å². The van der Waals surface area contributed by atoms with Gasteiger partial charge in [0, 0.05) is 0 Å². The molecule has 0 radical (unpaired) electrons. The molecule has 2 amide bonds. The molecule has 1 unspecified atom stereocenters. The van der Waals surface area contributed by atoms with Crippen molar-refractivity contribution in [1.29, 1.82) is 0 Å². The van der Waals surface area contributed by atoms with Crippen molar-refractivity contribution in [3.05, 3.63) is 0 Å². The topological polar surface area (TPSA) is 55.8 Å². The molecule has 0 saturated carbocycles. The number of carbonyl (C=O) groups is 2. The van der Waals surface area contributed by atoms with Crippen LogP contribution in [0.3, 0.4) is 0 Å². The van der Waals surface area contributed by atoms with Gasteiger partial charge in [-0.3, -0.25) is 9.59 Å². The Bertz CT molecular complexity index is 259. The molecule has 0 spiro atoms. The summed E-state index contributed by atoms with van der Waals surface area (Å²) in [6, 6.07) is 0. The van der Waals surface area contributed by atoms with Crippen LogP contribution in [0.25, 0.3) is 0 Å². The van der Waals surface area contributed by atoms with Crippen LogP contribution in [0.15, 0.2) is 0 Å². The number of nitrogens with zero attached hydrogens (tertiary/aromatic N) is 1. The molecule has 0 aromatic heterocycles. The van der Waals surface area contributed by atoms with E-state index in [-0.39, 0.29) is 23.5 Å². The Hall–Kier alpha value is -0.590. The van der Waals surface area contributed by atoms with E-state index in [1.807, 2.05) is 0 Å². The SMILES string of the molecule is CC1(N2C(=O)CSC2=O)COCCO1. The summed E-state index contributed by atoms with van der Waals surface area (Å²) in [6.45, 7) is 2.88. The predicted molar refractivity (Wildman–Crippen MR) is 49.9 cm³/mol. The molecule has 0 bridgehead atoms. The number of amides is 2. The van der Waals surface area contributed by atoms with Crippen LogP contribution in [-0.2, 0) is 14.3 Å². The summed E-state index contributed by atoms with van der Waals surface area (Å²) in [4.78, 5) is 24.0. The van der Waals surface area contributed by atoms with E-state index in [0.29, 0.717) is 13.2 Å². The van der Waals surface area contributed by atoms with Gasteiger partial charge in [-0.15, -0.1) is 0 Å². The van der Waals surface area contributed by atoms with Gasteiger partial charge in [0.25, 0.3) is 5.24 Å². The number of carbonyl (C=O) groups excluding carboxylic acids is 2. The second-order valence-electron chi connectivity index (χ2n) is 3.36. The first-order valence-electron chi connectivity index (χ1n) is 4.35. The smallest absolute Gasteiger partial charge is 0.291 e. The molecule has 1 atom stereocenters.